The van der Waals surface area contributed by atoms with Crippen molar-refractivity contribution in [1.82, 2.24) is 0 Å². The van der Waals surface area contributed by atoms with Gasteiger partial charge < -0.3 is 15.3 Å². The Balaban J connectivity index is 1.70. The second-order valence-corrected chi connectivity index (χ2v) is 6.34. The summed E-state index contributed by atoms with van der Waals surface area (Å²) >= 11 is 0. The summed E-state index contributed by atoms with van der Waals surface area (Å²) in [7, 11) is 0. The normalized spacial score (nSPS) is 15.4. The smallest absolute Gasteiger partial charge is 0.247 e. The van der Waals surface area contributed by atoms with Gasteiger partial charge in [0.2, 0.25) is 11.8 Å². The molecule has 0 saturated heterocycles. The van der Waals surface area contributed by atoms with Crippen molar-refractivity contribution in [2.45, 2.75) is 18.8 Å². The van der Waals surface area contributed by atoms with Gasteiger partial charge in [-0.2, -0.15) is 0 Å². The molecule has 2 aromatic carbocycles. The Morgan fingerprint density at radius 3 is 2.62 bits per heavy atom. The predicted molar refractivity (Wildman–Crippen MR) is 102 cm³/mol. The Labute approximate surface area is 153 Å². The van der Waals surface area contributed by atoms with Crippen molar-refractivity contribution >= 4 is 23.2 Å². The molecule has 1 aliphatic heterocycles. The Morgan fingerprint density at radius 2 is 1.92 bits per heavy atom. The molecule has 5 nitrogen and oxygen atoms in total. The third-order valence-corrected chi connectivity index (χ3v) is 4.61. The first-order valence-corrected chi connectivity index (χ1v) is 8.65. The van der Waals surface area contributed by atoms with Gasteiger partial charge in [0.1, 0.15) is 0 Å². The molecule has 5 heteroatoms. The molecule has 1 atom stereocenters. The highest BCUT2D eigenvalue weighted by atomic mass is 16.3. The van der Waals surface area contributed by atoms with E-state index < -0.39 is 0 Å². The van der Waals surface area contributed by atoms with Crippen molar-refractivity contribution < 1.29 is 14.7 Å². The lowest BCUT2D eigenvalue weighted by atomic mass is 9.99. The van der Waals surface area contributed by atoms with E-state index in [1.165, 1.54) is 6.08 Å². The second kappa shape index (κ2) is 7.97. The molecule has 0 saturated carbocycles. The van der Waals surface area contributed by atoms with Gasteiger partial charge in [0.15, 0.2) is 0 Å². The fourth-order valence-electron chi connectivity index (χ4n) is 3.30. The summed E-state index contributed by atoms with van der Waals surface area (Å²) in [5.41, 5.74) is 3.61. The second-order valence-electron chi connectivity index (χ2n) is 6.34. The summed E-state index contributed by atoms with van der Waals surface area (Å²) in [6, 6.07) is 15.1. The first-order chi connectivity index (χ1) is 12.6. The maximum absolute atomic E-state index is 12.8. The van der Waals surface area contributed by atoms with Crippen molar-refractivity contribution in [2.75, 3.05) is 23.4 Å². The van der Waals surface area contributed by atoms with Crippen LogP contribution in [0.4, 0.5) is 11.4 Å². The standard InChI is InChI=1S/C21H22N2O3/c1-2-20(25)22-17-9-7-15(8-10-17)13-21(26)23-14-16(11-12-24)18-5-3-4-6-19(18)23/h2-10,16,24H,1,11-14H2,(H,22,25). The molecule has 0 aromatic heterocycles. The van der Waals surface area contributed by atoms with E-state index in [-0.39, 0.29) is 30.8 Å². The highest BCUT2D eigenvalue weighted by Gasteiger charge is 2.31. The minimum atomic E-state index is -0.266. The monoisotopic (exact) mass is 350 g/mol. The lowest BCUT2D eigenvalue weighted by molar-refractivity contribution is -0.118. The summed E-state index contributed by atoms with van der Waals surface area (Å²) in [4.78, 5) is 25.9. The van der Waals surface area contributed by atoms with Crippen LogP contribution in [0.3, 0.4) is 0 Å². The summed E-state index contributed by atoms with van der Waals surface area (Å²) in [5, 5.41) is 12.0. The number of anilines is 2. The van der Waals surface area contributed by atoms with Crippen LogP contribution in [-0.2, 0) is 16.0 Å². The van der Waals surface area contributed by atoms with Gasteiger partial charge in [-0.25, -0.2) is 0 Å². The quantitative estimate of drug-likeness (QED) is 0.787. The molecule has 3 rings (SSSR count). The number of hydrogen-bond acceptors (Lipinski definition) is 3. The zero-order valence-corrected chi connectivity index (χ0v) is 14.5. The fraction of sp³-hybridized carbons (Fsp3) is 0.238. The molecule has 1 aliphatic rings. The van der Waals surface area contributed by atoms with Gasteiger partial charge >= 0.3 is 0 Å². The van der Waals surface area contributed by atoms with E-state index in [0.29, 0.717) is 18.7 Å². The van der Waals surface area contributed by atoms with Crippen LogP contribution in [0.2, 0.25) is 0 Å². The topological polar surface area (TPSA) is 69.6 Å². The fourth-order valence-corrected chi connectivity index (χ4v) is 3.30. The molecule has 1 heterocycles. The summed E-state index contributed by atoms with van der Waals surface area (Å²) in [6.45, 7) is 4.13. The van der Waals surface area contributed by atoms with Crippen molar-refractivity contribution in [3.8, 4) is 0 Å². The van der Waals surface area contributed by atoms with Crippen LogP contribution in [-0.4, -0.2) is 30.1 Å². The van der Waals surface area contributed by atoms with Crippen molar-refractivity contribution in [3.05, 3.63) is 72.3 Å². The van der Waals surface area contributed by atoms with Crippen LogP contribution >= 0.6 is 0 Å². The number of benzene rings is 2. The average Bonchev–Trinajstić information content (AvgIpc) is 3.02. The summed E-state index contributed by atoms with van der Waals surface area (Å²) in [5.74, 6) is -0.0603. The number of rotatable bonds is 6. The van der Waals surface area contributed by atoms with Crippen molar-refractivity contribution in [2.24, 2.45) is 0 Å². The minimum Gasteiger partial charge on any atom is -0.396 e. The molecule has 2 aromatic rings. The highest BCUT2D eigenvalue weighted by molar-refractivity contribution is 5.99. The molecule has 2 amide bonds. The van der Waals surface area contributed by atoms with Crippen LogP contribution in [0.1, 0.15) is 23.5 Å². The molecule has 1 unspecified atom stereocenters. The van der Waals surface area contributed by atoms with Crippen LogP contribution in [0, 0.1) is 0 Å². The molecular formula is C21H22N2O3. The van der Waals surface area contributed by atoms with E-state index in [1.54, 1.807) is 12.1 Å². The Hall–Kier alpha value is -2.92. The van der Waals surface area contributed by atoms with Gasteiger partial charge in [0, 0.05) is 30.4 Å². The van der Waals surface area contributed by atoms with E-state index >= 15 is 0 Å². The summed E-state index contributed by atoms with van der Waals surface area (Å²) in [6.07, 6.45) is 2.15. The van der Waals surface area contributed by atoms with E-state index in [4.69, 9.17) is 0 Å². The van der Waals surface area contributed by atoms with Gasteiger partial charge in [0.05, 0.1) is 6.42 Å². The zero-order valence-electron chi connectivity index (χ0n) is 14.5. The lowest BCUT2D eigenvalue weighted by Gasteiger charge is -2.18. The predicted octanol–water partition coefficient (Wildman–Crippen LogP) is 2.87. The number of fused-ring (bicyclic) bond motifs is 1. The lowest BCUT2D eigenvalue weighted by Crippen LogP contribution is -2.31. The number of amides is 2. The Kier molecular flexibility index (Phi) is 5.49. The largest absolute Gasteiger partial charge is 0.396 e. The maximum Gasteiger partial charge on any atom is 0.247 e. The molecule has 0 bridgehead atoms. The molecule has 0 radical (unpaired) electrons. The first kappa shape index (κ1) is 17.9. The summed E-state index contributed by atoms with van der Waals surface area (Å²) < 4.78 is 0. The van der Waals surface area contributed by atoms with Crippen molar-refractivity contribution in [3.63, 3.8) is 0 Å². The highest BCUT2D eigenvalue weighted by Crippen LogP contribution is 2.38. The number of aliphatic hydroxyl groups is 1. The molecule has 26 heavy (non-hydrogen) atoms. The molecule has 0 spiro atoms. The van der Waals surface area contributed by atoms with Crippen LogP contribution in [0.15, 0.2) is 61.2 Å². The third-order valence-electron chi connectivity index (χ3n) is 4.61. The maximum atomic E-state index is 12.8. The van der Waals surface area contributed by atoms with Crippen LogP contribution in [0.5, 0.6) is 0 Å². The van der Waals surface area contributed by atoms with Gasteiger partial charge in [-0.05, 0) is 41.8 Å². The van der Waals surface area contributed by atoms with E-state index in [9.17, 15) is 14.7 Å². The third kappa shape index (κ3) is 3.83. The van der Waals surface area contributed by atoms with E-state index in [0.717, 1.165) is 16.8 Å². The Morgan fingerprint density at radius 1 is 1.19 bits per heavy atom. The van der Waals surface area contributed by atoms with Gasteiger partial charge in [-0.15, -0.1) is 0 Å². The number of aliphatic hydroxyl groups excluding tert-OH is 1. The minimum absolute atomic E-state index is 0.0285. The number of carbonyl (C=O) groups excluding carboxylic acids is 2. The van der Waals surface area contributed by atoms with E-state index in [2.05, 4.69) is 11.9 Å². The zero-order chi connectivity index (χ0) is 18.5. The van der Waals surface area contributed by atoms with Gasteiger partial charge in [-0.3, -0.25) is 9.59 Å². The van der Waals surface area contributed by atoms with E-state index in [1.807, 2.05) is 41.3 Å². The molecular weight excluding hydrogens is 328 g/mol. The average molecular weight is 350 g/mol. The molecule has 134 valence electrons. The first-order valence-electron chi connectivity index (χ1n) is 8.65. The van der Waals surface area contributed by atoms with Crippen molar-refractivity contribution in [1.29, 1.82) is 0 Å². The van der Waals surface area contributed by atoms with Crippen LogP contribution < -0.4 is 10.2 Å². The molecule has 0 aliphatic carbocycles. The number of para-hydroxylation sites is 1. The van der Waals surface area contributed by atoms with Crippen LogP contribution in [0.25, 0.3) is 0 Å². The SMILES string of the molecule is C=CC(=O)Nc1ccc(CC(=O)N2CC(CCO)c3ccccc32)cc1. The number of hydrogen-bond donors (Lipinski definition) is 2. The number of carbonyl (C=O) groups is 2. The van der Waals surface area contributed by atoms with Gasteiger partial charge in [0.25, 0.3) is 0 Å². The molecule has 2 N–H and O–H groups in total. The Bertz CT molecular complexity index is 814. The number of nitrogens with one attached hydrogen (secondary N) is 1. The number of nitrogens with zero attached hydrogens (tertiary/aromatic N) is 1. The molecule has 0 fully saturated rings. The van der Waals surface area contributed by atoms with Gasteiger partial charge in [-0.1, -0.05) is 36.9 Å².